The third kappa shape index (κ3) is 8.23. The van der Waals surface area contributed by atoms with E-state index in [2.05, 4.69) is 6.92 Å². The highest BCUT2D eigenvalue weighted by molar-refractivity contribution is 8.26. The number of carbonyl (C=O) groups excluding carboxylic acids is 1. The number of hydrogen-bond acceptors (Lipinski definition) is 6. The SMILES string of the molecule is CCCCCCCCCCCCN1C(=O)/C(=C/c2cn(-c3ccccc3)nc2-c2ccc(OC)c(OC)c2)SC1=S. The Morgan fingerprint density at radius 3 is 2.20 bits per heavy atom. The van der Waals surface area contributed by atoms with Crippen molar-refractivity contribution in [1.29, 1.82) is 0 Å². The summed E-state index contributed by atoms with van der Waals surface area (Å²) in [4.78, 5) is 15.8. The fourth-order valence-corrected chi connectivity index (χ4v) is 6.30. The number of thioether (sulfide) groups is 1. The molecule has 8 heteroatoms. The monoisotopic (exact) mass is 591 g/mol. The highest BCUT2D eigenvalue weighted by Gasteiger charge is 2.32. The fraction of sp³-hybridized carbons (Fsp3) is 0.424. The van der Waals surface area contributed by atoms with Crippen molar-refractivity contribution in [3.05, 3.63) is 65.2 Å². The van der Waals surface area contributed by atoms with Crippen molar-refractivity contribution in [3.63, 3.8) is 0 Å². The molecule has 1 aliphatic rings. The number of unbranched alkanes of at least 4 members (excludes halogenated alkanes) is 9. The van der Waals surface area contributed by atoms with E-state index >= 15 is 0 Å². The van der Waals surface area contributed by atoms with Gasteiger partial charge < -0.3 is 9.47 Å². The normalized spacial score (nSPS) is 14.3. The van der Waals surface area contributed by atoms with Crippen LogP contribution in [-0.4, -0.2) is 45.7 Å². The summed E-state index contributed by atoms with van der Waals surface area (Å²) in [5.41, 5.74) is 3.38. The van der Waals surface area contributed by atoms with Crippen molar-refractivity contribution in [3.8, 4) is 28.4 Å². The first kappa shape index (κ1) is 30.8. The molecule has 0 bridgehead atoms. The molecule has 0 spiro atoms. The van der Waals surface area contributed by atoms with Crippen molar-refractivity contribution in [2.24, 2.45) is 0 Å². The van der Waals surface area contributed by atoms with E-state index in [0.717, 1.165) is 35.3 Å². The Balaban J connectivity index is 1.46. The average Bonchev–Trinajstić information content (AvgIpc) is 3.54. The number of methoxy groups -OCH3 is 2. The molecule has 2 heterocycles. The number of nitrogens with zero attached hydrogens (tertiary/aromatic N) is 3. The van der Waals surface area contributed by atoms with Crippen LogP contribution in [0.2, 0.25) is 0 Å². The molecule has 41 heavy (non-hydrogen) atoms. The second-order valence-corrected chi connectivity index (χ2v) is 12.0. The summed E-state index contributed by atoms with van der Waals surface area (Å²) in [6, 6.07) is 15.7. The van der Waals surface area contributed by atoms with E-state index in [1.54, 1.807) is 19.1 Å². The lowest BCUT2D eigenvalue weighted by molar-refractivity contribution is -0.122. The highest BCUT2D eigenvalue weighted by atomic mass is 32.2. The molecule has 1 fully saturated rings. The minimum atomic E-state index is -0.0263. The molecule has 0 N–H and O–H groups in total. The molecule has 2 aromatic carbocycles. The zero-order valence-electron chi connectivity index (χ0n) is 24.4. The van der Waals surface area contributed by atoms with Crippen LogP contribution in [-0.2, 0) is 4.79 Å². The highest BCUT2D eigenvalue weighted by Crippen LogP contribution is 2.37. The van der Waals surface area contributed by atoms with Gasteiger partial charge in [-0.05, 0) is 42.8 Å². The lowest BCUT2D eigenvalue weighted by atomic mass is 10.1. The van der Waals surface area contributed by atoms with Gasteiger partial charge in [-0.1, -0.05) is 107 Å². The molecule has 4 rings (SSSR count). The number of rotatable bonds is 16. The van der Waals surface area contributed by atoms with E-state index in [0.29, 0.717) is 27.3 Å². The fourth-order valence-electron chi connectivity index (χ4n) is 5.01. The maximum atomic E-state index is 13.4. The maximum absolute atomic E-state index is 13.4. The summed E-state index contributed by atoms with van der Waals surface area (Å²) in [6.45, 7) is 2.93. The van der Waals surface area contributed by atoms with Crippen LogP contribution in [0.25, 0.3) is 23.0 Å². The molecule has 0 saturated carbocycles. The summed E-state index contributed by atoms with van der Waals surface area (Å²) in [6.07, 6.45) is 16.5. The summed E-state index contributed by atoms with van der Waals surface area (Å²) in [5, 5.41) is 4.90. The number of benzene rings is 2. The van der Waals surface area contributed by atoms with Gasteiger partial charge in [0.15, 0.2) is 11.5 Å². The third-order valence-corrected chi connectivity index (χ3v) is 8.69. The summed E-state index contributed by atoms with van der Waals surface area (Å²) in [7, 11) is 3.23. The van der Waals surface area contributed by atoms with Crippen molar-refractivity contribution < 1.29 is 14.3 Å². The minimum absolute atomic E-state index is 0.0263. The van der Waals surface area contributed by atoms with E-state index < -0.39 is 0 Å². The molecular weight excluding hydrogens is 551 g/mol. The van der Waals surface area contributed by atoms with Crippen molar-refractivity contribution in [2.45, 2.75) is 71.1 Å². The topological polar surface area (TPSA) is 56.6 Å². The second-order valence-electron chi connectivity index (χ2n) is 10.3. The minimum Gasteiger partial charge on any atom is -0.493 e. The number of amides is 1. The summed E-state index contributed by atoms with van der Waals surface area (Å²) < 4.78 is 13.4. The molecule has 6 nitrogen and oxygen atoms in total. The van der Waals surface area contributed by atoms with Crippen LogP contribution in [0.3, 0.4) is 0 Å². The smallest absolute Gasteiger partial charge is 0.266 e. The first-order valence-corrected chi connectivity index (χ1v) is 15.9. The number of thiocarbonyl (C=S) groups is 1. The first-order chi connectivity index (χ1) is 20.0. The van der Waals surface area contributed by atoms with Gasteiger partial charge in [0.1, 0.15) is 10.0 Å². The average molecular weight is 592 g/mol. The van der Waals surface area contributed by atoms with Gasteiger partial charge in [-0.2, -0.15) is 5.10 Å². The van der Waals surface area contributed by atoms with E-state index in [1.165, 1.54) is 63.1 Å². The van der Waals surface area contributed by atoms with Crippen molar-refractivity contribution in [2.75, 3.05) is 20.8 Å². The Kier molecular flexibility index (Phi) is 11.9. The predicted molar refractivity (Wildman–Crippen MR) is 174 cm³/mol. The lowest BCUT2D eigenvalue weighted by Gasteiger charge is -2.14. The second kappa shape index (κ2) is 15.8. The zero-order valence-corrected chi connectivity index (χ0v) is 26.1. The Hall–Kier alpha value is -3.10. The number of carbonyl (C=O) groups is 1. The first-order valence-electron chi connectivity index (χ1n) is 14.7. The number of ether oxygens (including phenoxy) is 2. The van der Waals surface area contributed by atoms with Gasteiger partial charge in [-0.25, -0.2) is 4.68 Å². The van der Waals surface area contributed by atoms with E-state index in [-0.39, 0.29) is 5.91 Å². The Morgan fingerprint density at radius 1 is 0.878 bits per heavy atom. The molecule has 218 valence electrons. The Labute approximate surface area is 254 Å². The van der Waals surface area contributed by atoms with Crippen molar-refractivity contribution in [1.82, 2.24) is 14.7 Å². The van der Waals surface area contributed by atoms with Gasteiger partial charge in [0.25, 0.3) is 5.91 Å². The molecule has 1 amide bonds. The van der Waals surface area contributed by atoms with Gasteiger partial charge >= 0.3 is 0 Å². The van der Waals surface area contributed by atoms with Gasteiger partial charge in [0, 0.05) is 23.9 Å². The van der Waals surface area contributed by atoms with Crippen LogP contribution >= 0.6 is 24.0 Å². The van der Waals surface area contributed by atoms with Crippen LogP contribution in [0.5, 0.6) is 11.5 Å². The molecule has 1 aromatic heterocycles. The van der Waals surface area contributed by atoms with E-state index in [4.69, 9.17) is 26.8 Å². The predicted octanol–water partition coefficient (Wildman–Crippen LogP) is 8.68. The van der Waals surface area contributed by atoms with Gasteiger partial charge in [0.2, 0.25) is 0 Å². The van der Waals surface area contributed by atoms with Crippen LogP contribution in [0.15, 0.2) is 59.6 Å². The molecule has 0 aliphatic carbocycles. The molecule has 0 unspecified atom stereocenters. The Bertz CT molecular complexity index is 1340. The van der Waals surface area contributed by atoms with Crippen LogP contribution in [0.4, 0.5) is 0 Å². The van der Waals surface area contributed by atoms with Crippen LogP contribution in [0, 0.1) is 0 Å². The molecule has 3 aromatic rings. The molecule has 0 atom stereocenters. The Morgan fingerprint density at radius 2 is 1.54 bits per heavy atom. The third-order valence-electron chi connectivity index (χ3n) is 7.32. The van der Waals surface area contributed by atoms with Gasteiger partial charge in [0.05, 0.1) is 24.8 Å². The number of hydrogen-bond donors (Lipinski definition) is 0. The van der Waals surface area contributed by atoms with E-state index in [1.807, 2.05) is 65.5 Å². The molecular formula is C33H41N3O3S2. The number of para-hydroxylation sites is 1. The molecule has 0 radical (unpaired) electrons. The van der Waals surface area contributed by atoms with Crippen LogP contribution < -0.4 is 9.47 Å². The van der Waals surface area contributed by atoms with E-state index in [9.17, 15) is 4.79 Å². The summed E-state index contributed by atoms with van der Waals surface area (Å²) in [5.74, 6) is 1.24. The van der Waals surface area contributed by atoms with Gasteiger partial charge in [-0.3, -0.25) is 9.69 Å². The maximum Gasteiger partial charge on any atom is 0.266 e. The standard InChI is InChI=1S/C33H41N3O3S2/c1-4-5-6-7-8-9-10-11-12-16-21-35-32(37)30(41-33(35)40)23-26-24-36(27-17-14-13-15-18-27)34-31(26)25-19-20-28(38-2)29(22-25)39-3/h13-15,17-20,22-24H,4-12,16,21H2,1-3H3/b30-23-. The van der Waals surface area contributed by atoms with Gasteiger partial charge in [-0.15, -0.1) is 0 Å². The largest absolute Gasteiger partial charge is 0.493 e. The van der Waals surface area contributed by atoms with Crippen LogP contribution in [0.1, 0.15) is 76.7 Å². The summed E-state index contributed by atoms with van der Waals surface area (Å²) >= 11 is 6.99. The molecule has 1 saturated heterocycles. The zero-order chi connectivity index (χ0) is 29.0. The van der Waals surface area contributed by atoms with Crippen molar-refractivity contribution >= 4 is 40.3 Å². The number of aromatic nitrogens is 2. The quantitative estimate of drug-likeness (QED) is 0.0944. The molecule has 1 aliphatic heterocycles. The lowest BCUT2D eigenvalue weighted by Crippen LogP contribution is -2.29.